The molecule has 1 N–H and O–H groups in total. The zero-order valence-corrected chi connectivity index (χ0v) is 17.7. The van der Waals surface area contributed by atoms with Gasteiger partial charge in [-0.05, 0) is 23.8 Å². The zero-order valence-electron chi connectivity index (χ0n) is 17.7. The van der Waals surface area contributed by atoms with Crippen LogP contribution in [0.2, 0.25) is 0 Å². The first kappa shape index (κ1) is 22.0. The van der Waals surface area contributed by atoms with Crippen molar-refractivity contribution in [3.05, 3.63) is 72.0 Å². The molecule has 1 saturated heterocycles. The summed E-state index contributed by atoms with van der Waals surface area (Å²) in [4.78, 5) is 27.9. The summed E-state index contributed by atoms with van der Waals surface area (Å²) in [6.45, 7) is 0.379. The molecule has 31 heavy (non-hydrogen) atoms. The van der Waals surface area contributed by atoms with Crippen LogP contribution < -0.4 is 9.47 Å². The van der Waals surface area contributed by atoms with E-state index in [4.69, 9.17) is 14.2 Å². The Hall–Kier alpha value is -3.68. The number of methoxy groups -OCH3 is 3. The van der Waals surface area contributed by atoms with Crippen LogP contribution in [0.4, 0.5) is 4.79 Å². The fourth-order valence-corrected chi connectivity index (χ4v) is 3.65. The van der Waals surface area contributed by atoms with Crippen molar-refractivity contribution in [2.45, 2.75) is 25.2 Å². The quantitative estimate of drug-likeness (QED) is 0.490. The van der Waals surface area contributed by atoms with Crippen LogP contribution in [0.1, 0.15) is 11.1 Å². The second-order valence-electron chi connectivity index (χ2n) is 7.04. The van der Waals surface area contributed by atoms with Crippen molar-refractivity contribution < 1.29 is 28.9 Å². The Balaban J connectivity index is 1.85. The third kappa shape index (κ3) is 4.74. The maximum Gasteiger partial charge on any atom is 0.408 e. The van der Waals surface area contributed by atoms with Crippen molar-refractivity contribution in [3.8, 4) is 11.5 Å². The van der Waals surface area contributed by atoms with Gasteiger partial charge in [-0.15, -0.1) is 0 Å². The smallest absolute Gasteiger partial charge is 0.408 e. The van der Waals surface area contributed by atoms with Gasteiger partial charge in [-0.2, -0.15) is 0 Å². The molecule has 0 aliphatic carbocycles. The van der Waals surface area contributed by atoms with Crippen molar-refractivity contribution in [1.29, 1.82) is 0 Å². The van der Waals surface area contributed by atoms with E-state index in [0.717, 1.165) is 11.1 Å². The van der Waals surface area contributed by atoms with Gasteiger partial charge in [0.25, 0.3) is 0 Å². The third-order valence-electron chi connectivity index (χ3n) is 5.24. The van der Waals surface area contributed by atoms with E-state index in [0.29, 0.717) is 11.5 Å². The van der Waals surface area contributed by atoms with Gasteiger partial charge in [0.15, 0.2) is 0 Å². The Morgan fingerprint density at radius 2 is 1.87 bits per heavy atom. The highest BCUT2D eigenvalue weighted by atomic mass is 16.5. The van der Waals surface area contributed by atoms with Crippen LogP contribution in [0.3, 0.4) is 0 Å². The van der Waals surface area contributed by atoms with Crippen LogP contribution in [-0.2, 0) is 22.6 Å². The van der Waals surface area contributed by atoms with Crippen molar-refractivity contribution >= 4 is 12.0 Å². The number of nitrogens with zero attached hydrogens (tertiary/aromatic N) is 2. The minimum absolute atomic E-state index is 0.115. The lowest BCUT2D eigenvalue weighted by Crippen LogP contribution is -2.70. The minimum Gasteiger partial charge on any atom is -0.505 e. The molecular weight excluding hydrogens is 400 g/mol. The lowest BCUT2D eigenvalue weighted by Gasteiger charge is -2.49. The Bertz CT molecular complexity index is 946. The average molecular weight is 426 g/mol. The topological polar surface area (TPSA) is 88.5 Å². The summed E-state index contributed by atoms with van der Waals surface area (Å²) < 4.78 is 15.7. The highest BCUT2D eigenvalue weighted by Gasteiger charge is 2.51. The van der Waals surface area contributed by atoms with E-state index in [1.807, 2.05) is 36.4 Å². The van der Waals surface area contributed by atoms with Crippen molar-refractivity contribution in [3.63, 3.8) is 0 Å². The summed E-state index contributed by atoms with van der Waals surface area (Å²) in [5, 5.41) is 9.81. The van der Waals surface area contributed by atoms with Crippen LogP contribution >= 0.6 is 0 Å². The van der Waals surface area contributed by atoms with Crippen LogP contribution in [0.15, 0.2) is 60.9 Å². The molecule has 2 aromatic carbocycles. The normalized spacial score (nSPS) is 17.9. The molecule has 0 spiro atoms. The highest BCUT2D eigenvalue weighted by molar-refractivity contribution is 5.93. The molecule has 1 fully saturated rings. The molecular formula is C23H26N2O6. The molecule has 8 heteroatoms. The van der Waals surface area contributed by atoms with Gasteiger partial charge in [-0.3, -0.25) is 9.69 Å². The van der Waals surface area contributed by atoms with Crippen LogP contribution in [0.5, 0.6) is 11.5 Å². The Morgan fingerprint density at radius 3 is 2.48 bits per heavy atom. The van der Waals surface area contributed by atoms with E-state index in [9.17, 15) is 14.7 Å². The van der Waals surface area contributed by atoms with Gasteiger partial charge >= 0.3 is 6.09 Å². The Labute approximate surface area is 181 Å². The standard InChI is InChI=1S/C23H26N2O6/c1-29-12-11-19-21(25(23(27)28)14-16-7-5-4-6-8-16)22(26)24(19)15-17-9-10-18(30-2)13-20(17)31-3/h4-13,19,21H,14-15H2,1-3H3,(H,27,28)/b12-11+/t19-,21+/m1/s1. The minimum atomic E-state index is -1.15. The van der Waals surface area contributed by atoms with Gasteiger partial charge in [0, 0.05) is 18.2 Å². The first-order chi connectivity index (χ1) is 15.0. The predicted octanol–water partition coefficient (Wildman–Crippen LogP) is 3.12. The van der Waals surface area contributed by atoms with Gasteiger partial charge in [0.05, 0.1) is 40.2 Å². The highest BCUT2D eigenvalue weighted by Crippen LogP contribution is 2.33. The molecule has 0 saturated carbocycles. The summed E-state index contributed by atoms with van der Waals surface area (Å²) in [7, 11) is 4.62. The summed E-state index contributed by atoms with van der Waals surface area (Å²) in [5.74, 6) is 0.954. The SMILES string of the molecule is CO/C=C/[C@@H]1[C@H](N(Cc2ccccc2)C(=O)O)C(=O)N1Cc1ccc(OC)cc1OC. The van der Waals surface area contributed by atoms with Crippen molar-refractivity contribution in [1.82, 2.24) is 9.80 Å². The molecule has 0 unspecified atom stereocenters. The third-order valence-corrected chi connectivity index (χ3v) is 5.24. The Kier molecular flexibility index (Phi) is 7.02. The second-order valence-corrected chi connectivity index (χ2v) is 7.04. The number of carbonyl (C=O) groups is 2. The van der Waals surface area contributed by atoms with E-state index in [-0.39, 0.29) is 19.0 Å². The van der Waals surface area contributed by atoms with Crippen molar-refractivity contribution in [2.75, 3.05) is 21.3 Å². The summed E-state index contributed by atoms with van der Waals surface area (Å²) >= 11 is 0. The first-order valence-electron chi connectivity index (χ1n) is 9.74. The monoisotopic (exact) mass is 426 g/mol. The van der Waals surface area contributed by atoms with Gasteiger partial charge in [-0.25, -0.2) is 4.79 Å². The number of carbonyl (C=O) groups excluding carboxylic acids is 1. The lowest BCUT2D eigenvalue weighted by molar-refractivity contribution is -0.156. The number of rotatable bonds is 9. The molecule has 1 aliphatic rings. The Morgan fingerprint density at radius 1 is 1.13 bits per heavy atom. The molecule has 0 bridgehead atoms. The lowest BCUT2D eigenvalue weighted by atomic mass is 9.92. The summed E-state index contributed by atoms with van der Waals surface area (Å²) in [5.41, 5.74) is 1.60. The molecule has 2 aromatic rings. The number of carboxylic acid groups (broad SMARTS) is 1. The van der Waals surface area contributed by atoms with Gasteiger partial charge < -0.3 is 24.2 Å². The fourth-order valence-electron chi connectivity index (χ4n) is 3.65. The van der Waals surface area contributed by atoms with Crippen LogP contribution in [0, 0.1) is 0 Å². The summed E-state index contributed by atoms with van der Waals surface area (Å²) in [6.07, 6.45) is 2.01. The van der Waals surface area contributed by atoms with Gasteiger partial charge in [0.2, 0.25) is 5.91 Å². The van der Waals surface area contributed by atoms with E-state index in [1.54, 1.807) is 37.3 Å². The number of hydrogen-bond donors (Lipinski definition) is 1. The molecule has 0 radical (unpaired) electrons. The molecule has 164 valence electrons. The number of likely N-dealkylation sites (tertiary alicyclic amines) is 1. The molecule has 1 heterocycles. The van der Waals surface area contributed by atoms with Crippen LogP contribution in [0.25, 0.3) is 0 Å². The number of ether oxygens (including phenoxy) is 3. The van der Waals surface area contributed by atoms with E-state index >= 15 is 0 Å². The van der Waals surface area contributed by atoms with Crippen molar-refractivity contribution in [2.24, 2.45) is 0 Å². The maximum atomic E-state index is 13.1. The largest absolute Gasteiger partial charge is 0.505 e. The second kappa shape index (κ2) is 9.88. The number of benzene rings is 2. The molecule has 1 aliphatic heterocycles. The molecule has 3 rings (SSSR count). The summed E-state index contributed by atoms with van der Waals surface area (Å²) in [6, 6.07) is 13.2. The zero-order chi connectivity index (χ0) is 22.4. The first-order valence-corrected chi connectivity index (χ1v) is 9.74. The number of β-lactam (4-membered cyclic amide) rings is 1. The number of amides is 2. The fraction of sp³-hybridized carbons (Fsp3) is 0.304. The van der Waals surface area contributed by atoms with E-state index < -0.39 is 18.2 Å². The van der Waals surface area contributed by atoms with E-state index in [1.165, 1.54) is 18.3 Å². The number of hydrogen-bond acceptors (Lipinski definition) is 5. The van der Waals surface area contributed by atoms with Gasteiger partial charge in [-0.1, -0.05) is 30.3 Å². The molecule has 2 amide bonds. The molecule has 0 aromatic heterocycles. The van der Waals surface area contributed by atoms with Crippen LogP contribution in [-0.4, -0.2) is 60.3 Å². The molecule has 2 atom stereocenters. The molecule has 8 nitrogen and oxygen atoms in total. The maximum absolute atomic E-state index is 13.1. The predicted molar refractivity (Wildman–Crippen MR) is 114 cm³/mol. The van der Waals surface area contributed by atoms with Gasteiger partial charge in [0.1, 0.15) is 17.5 Å². The van der Waals surface area contributed by atoms with E-state index in [2.05, 4.69) is 0 Å². The average Bonchev–Trinajstić information content (AvgIpc) is 2.79.